The second kappa shape index (κ2) is 6.64. The largest absolute Gasteiger partial charge is 0.355 e. The average Bonchev–Trinajstić information content (AvgIpc) is 2.92. The van der Waals surface area contributed by atoms with Gasteiger partial charge in [0.25, 0.3) is 6.43 Å². The molecule has 21 heavy (non-hydrogen) atoms. The van der Waals surface area contributed by atoms with Gasteiger partial charge in [-0.25, -0.2) is 18.7 Å². The highest BCUT2D eigenvalue weighted by atomic mass is 19.3. The van der Waals surface area contributed by atoms with Gasteiger partial charge in [-0.1, -0.05) is 12.8 Å². The highest BCUT2D eigenvalue weighted by Gasteiger charge is 2.25. The molecule has 1 aromatic heterocycles. The lowest BCUT2D eigenvalue weighted by Gasteiger charge is -2.27. The second-order valence-electron chi connectivity index (χ2n) is 5.92. The molecule has 2 fully saturated rings. The molecule has 2 heterocycles. The number of alkyl halides is 2. The molecule has 6 heteroatoms. The van der Waals surface area contributed by atoms with E-state index in [1.165, 1.54) is 38.1 Å². The van der Waals surface area contributed by atoms with Crippen LogP contribution in [0.2, 0.25) is 0 Å². The van der Waals surface area contributed by atoms with Gasteiger partial charge < -0.3 is 4.90 Å². The number of nitrogens with zero attached hydrogens (tertiary/aromatic N) is 4. The Morgan fingerprint density at radius 3 is 2.57 bits per heavy atom. The molecule has 1 aliphatic carbocycles. The van der Waals surface area contributed by atoms with Crippen molar-refractivity contribution in [3.05, 3.63) is 18.1 Å². The topological polar surface area (TPSA) is 32.3 Å². The highest BCUT2D eigenvalue weighted by Crippen LogP contribution is 2.25. The van der Waals surface area contributed by atoms with E-state index in [4.69, 9.17) is 0 Å². The number of aromatic nitrogens is 2. The first-order valence-corrected chi connectivity index (χ1v) is 7.83. The zero-order valence-electron chi connectivity index (χ0n) is 12.2. The Morgan fingerprint density at radius 1 is 1.00 bits per heavy atom. The van der Waals surface area contributed by atoms with Crippen LogP contribution in [0.4, 0.5) is 14.6 Å². The van der Waals surface area contributed by atoms with Gasteiger partial charge >= 0.3 is 0 Å². The molecule has 1 aromatic rings. The van der Waals surface area contributed by atoms with Crippen LogP contribution < -0.4 is 4.90 Å². The Hall–Kier alpha value is -1.30. The molecule has 0 N–H and O–H groups in total. The van der Waals surface area contributed by atoms with Crippen LogP contribution in [0, 0.1) is 0 Å². The molecule has 0 amide bonds. The van der Waals surface area contributed by atoms with E-state index >= 15 is 0 Å². The average molecular weight is 296 g/mol. The van der Waals surface area contributed by atoms with Gasteiger partial charge in [-0.2, -0.15) is 0 Å². The quantitative estimate of drug-likeness (QED) is 0.858. The lowest BCUT2D eigenvalue weighted by Crippen LogP contribution is -2.37. The molecule has 0 bridgehead atoms. The van der Waals surface area contributed by atoms with E-state index in [0.717, 1.165) is 38.6 Å². The van der Waals surface area contributed by atoms with Crippen molar-refractivity contribution in [2.24, 2.45) is 0 Å². The Bertz CT molecular complexity index is 463. The molecule has 0 radical (unpaired) electrons. The molecule has 3 rings (SSSR count). The number of hydrogen-bond donors (Lipinski definition) is 0. The molecular formula is C15H22F2N4. The van der Waals surface area contributed by atoms with Gasteiger partial charge in [-0.15, -0.1) is 0 Å². The fraction of sp³-hybridized carbons (Fsp3) is 0.733. The highest BCUT2D eigenvalue weighted by molar-refractivity contribution is 5.39. The van der Waals surface area contributed by atoms with Crippen molar-refractivity contribution in [2.45, 2.75) is 44.6 Å². The maximum absolute atomic E-state index is 12.7. The minimum atomic E-state index is -2.53. The molecule has 2 aliphatic rings. The van der Waals surface area contributed by atoms with Gasteiger partial charge in [0.15, 0.2) is 0 Å². The summed E-state index contributed by atoms with van der Waals surface area (Å²) >= 11 is 0. The lowest BCUT2D eigenvalue weighted by atomic mass is 10.2. The number of halogens is 2. The van der Waals surface area contributed by atoms with Gasteiger partial charge in [0.2, 0.25) is 0 Å². The van der Waals surface area contributed by atoms with Gasteiger partial charge in [-0.05, 0) is 19.3 Å². The van der Waals surface area contributed by atoms with Crippen LogP contribution in [0.1, 0.15) is 44.2 Å². The third-order valence-corrected chi connectivity index (χ3v) is 4.59. The van der Waals surface area contributed by atoms with E-state index in [0.29, 0.717) is 5.82 Å². The molecule has 1 saturated heterocycles. The Labute approximate surface area is 124 Å². The molecule has 0 spiro atoms. The predicted octanol–water partition coefficient (Wildman–Crippen LogP) is 2.87. The van der Waals surface area contributed by atoms with Crippen LogP contribution >= 0.6 is 0 Å². The van der Waals surface area contributed by atoms with E-state index in [-0.39, 0.29) is 5.69 Å². The molecule has 116 valence electrons. The van der Waals surface area contributed by atoms with Crippen molar-refractivity contribution in [1.29, 1.82) is 0 Å². The van der Waals surface area contributed by atoms with Crippen molar-refractivity contribution in [2.75, 3.05) is 31.1 Å². The molecule has 0 atom stereocenters. The summed E-state index contributed by atoms with van der Waals surface area (Å²) in [6.45, 7) is 3.84. The van der Waals surface area contributed by atoms with Crippen molar-refractivity contribution >= 4 is 5.82 Å². The first kappa shape index (κ1) is 14.6. The fourth-order valence-corrected chi connectivity index (χ4v) is 3.45. The van der Waals surface area contributed by atoms with E-state index in [1.54, 1.807) is 0 Å². The summed E-state index contributed by atoms with van der Waals surface area (Å²) in [6, 6.07) is 2.16. The Morgan fingerprint density at radius 2 is 1.81 bits per heavy atom. The first-order valence-electron chi connectivity index (χ1n) is 7.83. The van der Waals surface area contributed by atoms with Crippen LogP contribution in [0.5, 0.6) is 0 Å². The maximum atomic E-state index is 12.7. The van der Waals surface area contributed by atoms with Gasteiger partial charge in [0.1, 0.15) is 17.8 Å². The van der Waals surface area contributed by atoms with Gasteiger partial charge in [0, 0.05) is 38.3 Å². The summed E-state index contributed by atoms with van der Waals surface area (Å²) < 4.78 is 25.5. The van der Waals surface area contributed by atoms with Gasteiger partial charge in [0.05, 0.1) is 0 Å². The van der Waals surface area contributed by atoms with Crippen LogP contribution in [0.15, 0.2) is 12.4 Å². The van der Waals surface area contributed by atoms with E-state index in [1.807, 2.05) is 0 Å². The summed E-state index contributed by atoms with van der Waals surface area (Å²) in [6.07, 6.45) is 5.07. The molecule has 0 aromatic carbocycles. The van der Waals surface area contributed by atoms with Crippen molar-refractivity contribution in [3.8, 4) is 0 Å². The lowest BCUT2D eigenvalue weighted by molar-refractivity contribution is 0.146. The summed E-state index contributed by atoms with van der Waals surface area (Å²) in [5.74, 6) is 0.633. The number of hydrogen-bond acceptors (Lipinski definition) is 4. The molecular weight excluding hydrogens is 274 g/mol. The summed E-state index contributed by atoms with van der Waals surface area (Å²) in [5.41, 5.74) is -0.183. The zero-order chi connectivity index (χ0) is 14.7. The zero-order valence-corrected chi connectivity index (χ0v) is 12.2. The van der Waals surface area contributed by atoms with E-state index in [2.05, 4.69) is 19.8 Å². The number of anilines is 1. The summed E-state index contributed by atoms with van der Waals surface area (Å²) in [7, 11) is 0. The molecule has 1 saturated carbocycles. The maximum Gasteiger partial charge on any atom is 0.280 e. The standard InChI is InChI=1S/C15H22F2N4/c16-15(17)13-10-14(19-11-18-13)21-7-3-6-20(8-9-21)12-4-1-2-5-12/h10-12,15H,1-9H2. The van der Waals surface area contributed by atoms with Crippen LogP contribution in [-0.4, -0.2) is 47.1 Å². The minimum absolute atomic E-state index is 0.183. The van der Waals surface area contributed by atoms with E-state index in [9.17, 15) is 8.78 Å². The SMILES string of the molecule is FC(F)c1cc(N2CCCN(C3CCCC3)CC2)ncn1. The van der Waals surface area contributed by atoms with Crippen LogP contribution in [0.25, 0.3) is 0 Å². The summed E-state index contributed by atoms with van der Waals surface area (Å²) in [5, 5.41) is 0. The fourth-order valence-electron chi connectivity index (χ4n) is 3.45. The Kier molecular flexibility index (Phi) is 4.63. The third-order valence-electron chi connectivity index (χ3n) is 4.59. The van der Waals surface area contributed by atoms with Crippen molar-refractivity contribution in [1.82, 2.24) is 14.9 Å². The third kappa shape index (κ3) is 3.48. The van der Waals surface area contributed by atoms with Crippen LogP contribution in [-0.2, 0) is 0 Å². The minimum Gasteiger partial charge on any atom is -0.355 e. The normalized spacial score (nSPS) is 22.0. The van der Waals surface area contributed by atoms with Crippen LogP contribution in [0.3, 0.4) is 0 Å². The monoisotopic (exact) mass is 296 g/mol. The smallest absolute Gasteiger partial charge is 0.280 e. The molecule has 0 unspecified atom stereocenters. The second-order valence-corrected chi connectivity index (χ2v) is 5.92. The Balaban J connectivity index is 1.65. The molecule has 4 nitrogen and oxygen atoms in total. The van der Waals surface area contributed by atoms with Crippen molar-refractivity contribution < 1.29 is 8.78 Å². The number of rotatable bonds is 3. The molecule has 1 aliphatic heterocycles. The van der Waals surface area contributed by atoms with Gasteiger partial charge in [-0.3, -0.25) is 4.90 Å². The predicted molar refractivity (Wildman–Crippen MR) is 77.6 cm³/mol. The first-order chi connectivity index (χ1) is 10.2. The summed E-state index contributed by atoms with van der Waals surface area (Å²) in [4.78, 5) is 12.5. The van der Waals surface area contributed by atoms with Crippen molar-refractivity contribution in [3.63, 3.8) is 0 Å². The van der Waals surface area contributed by atoms with E-state index < -0.39 is 6.43 Å².